The van der Waals surface area contributed by atoms with Crippen molar-refractivity contribution in [2.45, 2.75) is 38.9 Å². The fourth-order valence-electron chi connectivity index (χ4n) is 3.94. The first-order valence-corrected chi connectivity index (χ1v) is 11.1. The van der Waals surface area contributed by atoms with Gasteiger partial charge >= 0.3 is 6.03 Å². The average molecular weight is 456 g/mol. The van der Waals surface area contributed by atoms with Crippen molar-refractivity contribution >= 4 is 46.5 Å². The number of hydrogen-bond acceptors (Lipinski definition) is 6. The third-order valence-electron chi connectivity index (χ3n) is 5.55. The molecule has 5 amide bonds. The monoisotopic (exact) mass is 455 g/mol. The number of nitrogens with one attached hydrogen (secondary N) is 3. The van der Waals surface area contributed by atoms with Gasteiger partial charge in [0, 0.05) is 31.9 Å². The number of anilines is 2. The molecule has 1 unspecified atom stereocenters. The number of fused-ring (bicyclic) bond motifs is 1. The first-order chi connectivity index (χ1) is 15.2. The zero-order valence-electron chi connectivity index (χ0n) is 18.2. The van der Waals surface area contributed by atoms with Crippen molar-refractivity contribution in [1.29, 1.82) is 0 Å². The number of piperidine rings is 1. The molecular weight excluding hydrogens is 430 g/mol. The minimum Gasteiger partial charge on any atom is -0.376 e. The van der Waals surface area contributed by atoms with Gasteiger partial charge in [0.1, 0.15) is 6.04 Å². The normalized spacial score (nSPS) is 17.8. The molecule has 0 aliphatic carbocycles. The molecule has 1 fully saturated rings. The van der Waals surface area contributed by atoms with Gasteiger partial charge < -0.3 is 20.4 Å². The van der Waals surface area contributed by atoms with Crippen molar-refractivity contribution in [3.05, 3.63) is 45.1 Å². The molecule has 1 aromatic carbocycles. The number of carbonyl (C=O) groups excluding carboxylic acids is 4. The van der Waals surface area contributed by atoms with Crippen LogP contribution >= 0.6 is 11.3 Å². The topological polar surface area (TPSA) is 111 Å². The van der Waals surface area contributed by atoms with Crippen LogP contribution in [0.2, 0.25) is 0 Å². The third-order valence-corrected chi connectivity index (χ3v) is 6.71. The number of carbonyl (C=O) groups is 4. The van der Waals surface area contributed by atoms with E-state index >= 15 is 0 Å². The number of imide groups is 1. The van der Waals surface area contributed by atoms with Gasteiger partial charge in [-0.05, 0) is 42.7 Å². The molecule has 2 aromatic rings. The Bertz CT molecular complexity index is 1110. The van der Waals surface area contributed by atoms with Crippen LogP contribution in [-0.4, -0.2) is 48.8 Å². The second-order valence-electron chi connectivity index (χ2n) is 8.19. The highest BCUT2D eigenvalue weighted by molar-refractivity contribution is 7.14. The van der Waals surface area contributed by atoms with Crippen LogP contribution in [0, 0.1) is 6.92 Å². The zero-order chi connectivity index (χ0) is 23.0. The SMILES string of the molecule is Cc1ccc(NC(=O)NCc2cc3c(s2)C(=O)N(C2CCC(=O)NC2=O)C3)c(N(C)C)c1. The van der Waals surface area contributed by atoms with Gasteiger partial charge in [0.15, 0.2) is 0 Å². The van der Waals surface area contributed by atoms with Crippen LogP contribution < -0.4 is 20.9 Å². The molecule has 10 heteroatoms. The Kier molecular flexibility index (Phi) is 5.88. The molecule has 2 aliphatic rings. The van der Waals surface area contributed by atoms with Gasteiger partial charge in [-0.2, -0.15) is 0 Å². The van der Waals surface area contributed by atoms with E-state index in [1.54, 1.807) is 0 Å². The van der Waals surface area contributed by atoms with Crippen LogP contribution in [-0.2, 0) is 22.7 Å². The number of thiophene rings is 1. The Morgan fingerprint density at radius 2 is 2.03 bits per heavy atom. The number of benzene rings is 1. The van der Waals surface area contributed by atoms with E-state index in [2.05, 4.69) is 16.0 Å². The van der Waals surface area contributed by atoms with Gasteiger partial charge in [-0.3, -0.25) is 19.7 Å². The van der Waals surface area contributed by atoms with E-state index in [0.29, 0.717) is 30.1 Å². The Hall–Kier alpha value is -3.40. The number of hydrogen-bond donors (Lipinski definition) is 3. The van der Waals surface area contributed by atoms with Gasteiger partial charge in [0.2, 0.25) is 11.8 Å². The fraction of sp³-hybridized carbons (Fsp3) is 0.364. The molecule has 4 rings (SSSR count). The zero-order valence-corrected chi connectivity index (χ0v) is 19.0. The fourth-order valence-corrected chi connectivity index (χ4v) is 5.01. The summed E-state index contributed by atoms with van der Waals surface area (Å²) in [5, 5.41) is 8.00. The van der Waals surface area contributed by atoms with E-state index in [9.17, 15) is 19.2 Å². The summed E-state index contributed by atoms with van der Waals surface area (Å²) >= 11 is 1.32. The molecule has 2 aliphatic heterocycles. The number of rotatable bonds is 5. The molecule has 9 nitrogen and oxygen atoms in total. The summed E-state index contributed by atoms with van der Waals surface area (Å²) in [6.45, 7) is 2.62. The van der Waals surface area contributed by atoms with E-state index in [-0.39, 0.29) is 24.3 Å². The second kappa shape index (κ2) is 8.62. The summed E-state index contributed by atoms with van der Waals surface area (Å²) in [7, 11) is 3.83. The molecule has 32 heavy (non-hydrogen) atoms. The predicted octanol–water partition coefficient (Wildman–Crippen LogP) is 2.21. The van der Waals surface area contributed by atoms with Gasteiger partial charge in [-0.1, -0.05) is 6.07 Å². The van der Waals surface area contributed by atoms with Crippen molar-refractivity contribution in [1.82, 2.24) is 15.5 Å². The molecule has 3 heterocycles. The second-order valence-corrected chi connectivity index (χ2v) is 9.33. The molecule has 1 aromatic heterocycles. The number of amides is 5. The van der Waals surface area contributed by atoms with Crippen LogP contribution in [0.15, 0.2) is 24.3 Å². The van der Waals surface area contributed by atoms with Crippen LogP contribution in [0.1, 0.15) is 38.5 Å². The predicted molar refractivity (Wildman–Crippen MR) is 122 cm³/mol. The van der Waals surface area contributed by atoms with Crippen LogP contribution in [0.25, 0.3) is 0 Å². The summed E-state index contributed by atoms with van der Waals surface area (Å²) in [4.78, 5) is 53.6. The Balaban J connectivity index is 1.36. The van der Waals surface area contributed by atoms with Crippen molar-refractivity contribution in [3.8, 4) is 0 Å². The highest BCUT2D eigenvalue weighted by Gasteiger charge is 2.40. The molecule has 0 bridgehead atoms. The Labute approximate surface area is 189 Å². The van der Waals surface area contributed by atoms with E-state index in [4.69, 9.17) is 0 Å². The maximum absolute atomic E-state index is 12.8. The lowest BCUT2D eigenvalue weighted by atomic mass is 10.0. The number of aryl methyl sites for hydroxylation is 1. The van der Waals surface area contributed by atoms with Crippen molar-refractivity contribution in [3.63, 3.8) is 0 Å². The quantitative estimate of drug-likeness (QED) is 0.599. The summed E-state index contributed by atoms with van der Waals surface area (Å²) < 4.78 is 0. The van der Waals surface area contributed by atoms with Crippen molar-refractivity contribution < 1.29 is 19.2 Å². The number of urea groups is 1. The third kappa shape index (κ3) is 4.31. The minimum atomic E-state index is -0.618. The lowest BCUT2D eigenvalue weighted by molar-refractivity contribution is -0.136. The smallest absolute Gasteiger partial charge is 0.319 e. The van der Waals surface area contributed by atoms with Crippen molar-refractivity contribution in [2.75, 3.05) is 24.3 Å². The highest BCUT2D eigenvalue weighted by atomic mass is 32.1. The number of nitrogens with zero attached hydrogens (tertiary/aromatic N) is 2. The first-order valence-electron chi connectivity index (χ1n) is 10.3. The maximum Gasteiger partial charge on any atom is 0.319 e. The summed E-state index contributed by atoms with van der Waals surface area (Å²) in [5.74, 6) is -0.926. The van der Waals surface area contributed by atoms with Crippen LogP contribution in [0.4, 0.5) is 16.2 Å². The van der Waals surface area contributed by atoms with E-state index in [1.807, 2.05) is 50.2 Å². The molecule has 0 saturated carbocycles. The van der Waals surface area contributed by atoms with Gasteiger partial charge in [-0.25, -0.2) is 4.79 Å². The summed E-state index contributed by atoms with van der Waals surface area (Å²) in [6.07, 6.45) is 0.572. The molecule has 3 N–H and O–H groups in total. The van der Waals surface area contributed by atoms with E-state index in [0.717, 1.165) is 21.7 Å². The minimum absolute atomic E-state index is 0.203. The molecule has 1 saturated heterocycles. The molecule has 168 valence electrons. The average Bonchev–Trinajstić information content (AvgIpc) is 3.26. The lowest BCUT2D eigenvalue weighted by Crippen LogP contribution is -2.52. The van der Waals surface area contributed by atoms with Gasteiger partial charge in [-0.15, -0.1) is 11.3 Å². The Morgan fingerprint density at radius 1 is 1.25 bits per heavy atom. The summed E-state index contributed by atoms with van der Waals surface area (Å²) in [5.41, 5.74) is 3.57. The molecular formula is C22H25N5O4S. The Morgan fingerprint density at radius 3 is 2.72 bits per heavy atom. The standard InChI is InChI=1S/C22H25N5O4S/c1-12-4-5-15(17(8-12)26(2)3)24-22(31)23-10-14-9-13-11-27(21(30)19(13)32-14)16-6-7-18(28)25-20(16)29/h4-5,8-9,16H,6-7,10-11H2,1-3H3,(H2,23,24,31)(H,25,28,29). The van der Waals surface area contributed by atoms with Gasteiger partial charge in [0.05, 0.1) is 22.8 Å². The highest BCUT2D eigenvalue weighted by Crippen LogP contribution is 2.33. The molecule has 0 spiro atoms. The van der Waals surface area contributed by atoms with Crippen molar-refractivity contribution in [2.24, 2.45) is 0 Å². The first kappa shape index (κ1) is 21.8. The molecule has 0 radical (unpaired) electrons. The lowest BCUT2D eigenvalue weighted by Gasteiger charge is -2.29. The van der Waals surface area contributed by atoms with Crippen LogP contribution in [0.5, 0.6) is 0 Å². The summed E-state index contributed by atoms with van der Waals surface area (Å²) in [6, 6.07) is 6.74. The largest absolute Gasteiger partial charge is 0.376 e. The van der Waals surface area contributed by atoms with Crippen LogP contribution in [0.3, 0.4) is 0 Å². The van der Waals surface area contributed by atoms with E-state index in [1.165, 1.54) is 16.2 Å². The maximum atomic E-state index is 12.8. The molecule has 1 atom stereocenters. The van der Waals surface area contributed by atoms with E-state index < -0.39 is 11.9 Å². The van der Waals surface area contributed by atoms with Gasteiger partial charge in [0.25, 0.3) is 5.91 Å².